The van der Waals surface area contributed by atoms with Gasteiger partial charge in [0.15, 0.2) is 0 Å². The van der Waals surface area contributed by atoms with Gasteiger partial charge in [0, 0.05) is 5.92 Å². The number of piperidine rings is 1. The minimum atomic E-state index is -0.338. The third-order valence-corrected chi connectivity index (χ3v) is 3.41. The number of hydrogen-bond acceptors (Lipinski definition) is 2. The third kappa shape index (κ3) is 0.600. The van der Waals surface area contributed by atoms with E-state index in [1.807, 2.05) is 18.7 Å². The monoisotopic (exact) mass is 167 g/mol. The Balaban J connectivity index is 1.99. The van der Waals surface area contributed by atoms with E-state index >= 15 is 0 Å². The maximum Gasteiger partial charge on any atom is 0.228 e. The van der Waals surface area contributed by atoms with Crippen LogP contribution in [0.15, 0.2) is 0 Å². The molecule has 3 fully saturated rings. The fraction of sp³-hybridized carbons (Fsp3) is 0.889. The fourth-order valence-corrected chi connectivity index (χ4v) is 2.68. The molecule has 0 aromatic heterocycles. The van der Waals surface area contributed by atoms with Gasteiger partial charge >= 0.3 is 0 Å². The van der Waals surface area contributed by atoms with E-state index in [-0.39, 0.29) is 5.72 Å². The van der Waals surface area contributed by atoms with Crippen LogP contribution in [-0.4, -0.2) is 29.2 Å². The highest BCUT2D eigenvalue weighted by molar-refractivity contribution is 5.86. The Kier molecular flexibility index (Phi) is 0.971. The standard InChI is InChI=1S/C9H13NO2/c1-9(2)10-7(4-12-9)5-3-6(5)8(10)11/h5-7H,3-4H2,1-2H3/t5?,6?,7-/m0/s1. The van der Waals surface area contributed by atoms with Crippen LogP contribution >= 0.6 is 0 Å². The summed E-state index contributed by atoms with van der Waals surface area (Å²) in [6, 6.07) is 0.400. The molecule has 66 valence electrons. The Bertz CT molecular complexity index is 261. The van der Waals surface area contributed by atoms with Gasteiger partial charge in [0.1, 0.15) is 5.72 Å². The van der Waals surface area contributed by atoms with Crippen molar-refractivity contribution in [3.8, 4) is 0 Å². The quantitative estimate of drug-likeness (QED) is 0.528. The van der Waals surface area contributed by atoms with Gasteiger partial charge in [-0.2, -0.15) is 0 Å². The molecule has 3 atom stereocenters. The van der Waals surface area contributed by atoms with Crippen LogP contribution in [0.1, 0.15) is 20.3 Å². The molecule has 3 heteroatoms. The third-order valence-electron chi connectivity index (χ3n) is 3.41. The molecule has 0 radical (unpaired) electrons. The molecule has 0 N–H and O–H groups in total. The van der Waals surface area contributed by atoms with Crippen molar-refractivity contribution in [3.05, 3.63) is 0 Å². The normalized spacial score (nSPS) is 47.7. The Labute approximate surface area is 71.7 Å². The molecule has 0 bridgehead atoms. The summed E-state index contributed by atoms with van der Waals surface area (Å²) >= 11 is 0. The van der Waals surface area contributed by atoms with Gasteiger partial charge in [-0.1, -0.05) is 0 Å². The van der Waals surface area contributed by atoms with E-state index in [2.05, 4.69) is 0 Å². The van der Waals surface area contributed by atoms with Crippen molar-refractivity contribution < 1.29 is 9.53 Å². The van der Waals surface area contributed by atoms with Crippen molar-refractivity contribution in [3.63, 3.8) is 0 Å². The molecule has 0 spiro atoms. The lowest BCUT2D eigenvalue weighted by Gasteiger charge is -2.30. The summed E-state index contributed by atoms with van der Waals surface area (Å²) in [7, 11) is 0. The number of carbonyl (C=O) groups excluding carboxylic acids is 1. The van der Waals surface area contributed by atoms with Crippen LogP contribution in [-0.2, 0) is 9.53 Å². The van der Waals surface area contributed by atoms with Gasteiger partial charge in [0.05, 0.1) is 12.6 Å². The molecule has 0 aromatic rings. The van der Waals surface area contributed by atoms with Gasteiger partial charge in [0.25, 0.3) is 0 Å². The summed E-state index contributed by atoms with van der Waals surface area (Å²) < 4.78 is 5.58. The molecular weight excluding hydrogens is 154 g/mol. The number of fused-ring (bicyclic) bond motifs is 3. The van der Waals surface area contributed by atoms with E-state index in [9.17, 15) is 4.79 Å². The average Bonchev–Trinajstić information content (AvgIpc) is 2.64. The lowest BCUT2D eigenvalue weighted by atomic mass is 10.2. The molecular formula is C9H13NO2. The van der Waals surface area contributed by atoms with E-state index in [0.717, 1.165) is 13.0 Å². The first-order chi connectivity index (χ1) is 5.61. The van der Waals surface area contributed by atoms with E-state index in [4.69, 9.17) is 4.74 Å². The van der Waals surface area contributed by atoms with Crippen LogP contribution in [0.2, 0.25) is 0 Å². The van der Waals surface area contributed by atoms with Gasteiger partial charge in [-0.3, -0.25) is 4.79 Å². The lowest BCUT2D eigenvalue weighted by molar-refractivity contribution is -0.144. The summed E-state index contributed by atoms with van der Waals surface area (Å²) in [5.41, 5.74) is -0.338. The zero-order valence-corrected chi connectivity index (χ0v) is 7.41. The van der Waals surface area contributed by atoms with Crippen molar-refractivity contribution in [2.24, 2.45) is 11.8 Å². The van der Waals surface area contributed by atoms with Gasteiger partial charge in [-0.15, -0.1) is 0 Å². The Hall–Kier alpha value is -0.570. The molecule has 12 heavy (non-hydrogen) atoms. The number of rotatable bonds is 0. The van der Waals surface area contributed by atoms with Crippen LogP contribution in [0.4, 0.5) is 0 Å². The first kappa shape index (κ1) is 6.89. The highest BCUT2D eigenvalue weighted by Crippen LogP contribution is 2.55. The molecule has 2 heterocycles. The minimum absolute atomic E-state index is 0.326. The number of ether oxygens (including phenoxy) is 1. The molecule has 3 rings (SSSR count). The van der Waals surface area contributed by atoms with Gasteiger partial charge in [-0.05, 0) is 26.2 Å². The van der Waals surface area contributed by atoms with E-state index < -0.39 is 0 Å². The summed E-state index contributed by atoms with van der Waals surface area (Å²) in [4.78, 5) is 13.6. The van der Waals surface area contributed by atoms with Crippen LogP contribution in [0, 0.1) is 11.8 Å². The lowest BCUT2D eigenvalue weighted by Crippen LogP contribution is -2.45. The second-order valence-electron chi connectivity index (χ2n) is 4.54. The molecule has 1 aliphatic carbocycles. The molecule has 1 saturated carbocycles. The van der Waals surface area contributed by atoms with E-state index in [1.165, 1.54) is 0 Å². The topological polar surface area (TPSA) is 29.5 Å². The zero-order chi connectivity index (χ0) is 8.51. The summed E-state index contributed by atoms with van der Waals surface area (Å²) in [6.45, 7) is 4.71. The predicted octanol–water partition coefficient (Wildman–Crippen LogP) is 0.600. The summed E-state index contributed by atoms with van der Waals surface area (Å²) in [5.74, 6) is 1.31. The average molecular weight is 167 g/mol. The Morgan fingerprint density at radius 1 is 1.58 bits per heavy atom. The Morgan fingerprint density at radius 2 is 2.33 bits per heavy atom. The molecule has 0 aromatic carbocycles. The summed E-state index contributed by atoms with van der Waals surface area (Å²) in [6.07, 6.45) is 1.11. The Morgan fingerprint density at radius 3 is 3.00 bits per heavy atom. The van der Waals surface area contributed by atoms with Crippen LogP contribution in [0.5, 0.6) is 0 Å². The molecule has 3 nitrogen and oxygen atoms in total. The smallest absolute Gasteiger partial charge is 0.228 e. The highest BCUT2D eigenvalue weighted by atomic mass is 16.5. The van der Waals surface area contributed by atoms with Crippen molar-refractivity contribution in [1.29, 1.82) is 0 Å². The summed E-state index contributed by atoms with van der Waals surface area (Å²) in [5, 5.41) is 0. The molecule has 1 amide bonds. The number of hydrogen-bond donors (Lipinski definition) is 0. The molecule has 2 unspecified atom stereocenters. The number of carbonyl (C=O) groups is 1. The minimum Gasteiger partial charge on any atom is -0.354 e. The van der Waals surface area contributed by atoms with Crippen molar-refractivity contribution in [2.45, 2.75) is 32.0 Å². The van der Waals surface area contributed by atoms with Crippen LogP contribution < -0.4 is 0 Å². The number of nitrogens with zero attached hydrogens (tertiary/aromatic N) is 1. The van der Waals surface area contributed by atoms with Crippen LogP contribution in [0.25, 0.3) is 0 Å². The van der Waals surface area contributed by atoms with Crippen molar-refractivity contribution >= 4 is 5.91 Å². The second kappa shape index (κ2) is 1.69. The van der Waals surface area contributed by atoms with E-state index in [0.29, 0.717) is 23.8 Å². The largest absolute Gasteiger partial charge is 0.354 e. The maximum absolute atomic E-state index is 11.7. The van der Waals surface area contributed by atoms with Gasteiger partial charge < -0.3 is 9.64 Å². The highest BCUT2D eigenvalue weighted by Gasteiger charge is 2.64. The fourth-order valence-electron chi connectivity index (χ4n) is 2.68. The molecule has 2 saturated heterocycles. The SMILES string of the molecule is CC1(C)OC[C@H]2C3CC3C(=O)N21. The molecule has 3 aliphatic rings. The van der Waals surface area contributed by atoms with Gasteiger partial charge in [-0.25, -0.2) is 0 Å². The van der Waals surface area contributed by atoms with Crippen molar-refractivity contribution in [1.82, 2.24) is 4.90 Å². The zero-order valence-electron chi connectivity index (χ0n) is 7.41. The molecule has 2 aliphatic heterocycles. The first-order valence-electron chi connectivity index (χ1n) is 4.58. The maximum atomic E-state index is 11.7. The van der Waals surface area contributed by atoms with E-state index in [1.54, 1.807) is 0 Å². The van der Waals surface area contributed by atoms with Crippen LogP contribution in [0.3, 0.4) is 0 Å². The van der Waals surface area contributed by atoms with Gasteiger partial charge in [0.2, 0.25) is 5.91 Å². The first-order valence-corrected chi connectivity index (χ1v) is 4.58. The van der Waals surface area contributed by atoms with Crippen molar-refractivity contribution in [2.75, 3.05) is 6.61 Å². The predicted molar refractivity (Wildman–Crippen MR) is 42.3 cm³/mol. The second-order valence-corrected chi connectivity index (χ2v) is 4.54. The number of amides is 1.